The van der Waals surface area contributed by atoms with Crippen LogP contribution in [-0.4, -0.2) is 15.9 Å². The molecule has 1 atom stereocenters. The molecule has 6 nitrogen and oxygen atoms in total. The number of rotatable bonds is 6. The number of furan rings is 1. The molecule has 162 valence electrons. The molecule has 0 bridgehead atoms. The number of aromatic nitrogens is 2. The van der Waals surface area contributed by atoms with Crippen LogP contribution in [0.5, 0.6) is 0 Å². The first-order valence-electron chi connectivity index (χ1n) is 10.8. The maximum atomic E-state index is 12.9. The first kappa shape index (κ1) is 20.5. The molecule has 4 heterocycles. The summed E-state index contributed by atoms with van der Waals surface area (Å²) in [5, 5.41) is 7.59. The third-order valence-electron chi connectivity index (χ3n) is 5.70. The number of thiophene rings is 1. The Labute approximate surface area is 190 Å². The van der Waals surface area contributed by atoms with E-state index < -0.39 is 0 Å². The topological polar surface area (TPSA) is 80.0 Å². The van der Waals surface area contributed by atoms with Crippen LogP contribution in [0, 0.1) is 6.92 Å². The smallest absolute Gasteiger partial charge is 0.291 e. The van der Waals surface area contributed by atoms with E-state index in [1.165, 1.54) is 23.1 Å². The van der Waals surface area contributed by atoms with Gasteiger partial charge in [0.05, 0.1) is 12.3 Å². The van der Waals surface area contributed by atoms with Crippen molar-refractivity contribution in [3.63, 3.8) is 0 Å². The normalized spacial score (nSPS) is 13.9. The van der Waals surface area contributed by atoms with Crippen LogP contribution in [-0.2, 0) is 12.8 Å². The number of hydrogen-bond donors (Lipinski definition) is 2. The van der Waals surface area contributed by atoms with E-state index in [4.69, 9.17) is 4.42 Å². The van der Waals surface area contributed by atoms with Crippen molar-refractivity contribution in [3.05, 3.63) is 94.1 Å². The third-order valence-corrected chi connectivity index (χ3v) is 6.92. The number of pyridine rings is 2. The number of carbonyl (C=O) groups excluding carboxylic acids is 1. The van der Waals surface area contributed by atoms with Crippen molar-refractivity contribution in [2.45, 2.75) is 38.6 Å². The van der Waals surface area contributed by atoms with Crippen molar-refractivity contribution < 1.29 is 9.21 Å². The van der Waals surface area contributed by atoms with Gasteiger partial charge in [-0.15, -0.1) is 11.3 Å². The highest BCUT2D eigenvalue weighted by atomic mass is 32.1. The fourth-order valence-electron chi connectivity index (χ4n) is 4.19. The van der Waals surface area contributed by atoms with Crippen molar-refractivity contribution in [1.82, 2.24) is 9.97 Å². The molecule has 0 spiro atoms. The van der Waals surface area contributed by atoms with E-state index in [0.717, 1.165) is 46.8 Å². The molecule has 1 aliphatic carbocycles. The van der Waals surface area contributed by atoms with Gasteiger partial charge in [0, 0.05) is 29.0 Å². The number of nitrogens with zero attached hydrogens (tertiary/aromatic N) is 2. The molecule has 5 rings (SSSR count). The summed E-state index contributed by atoms with van der Waals surface area (Å²) in [4.78, 5) is 23.1. The summed E-state index contributed by atoms with van der Waals surface area (Å²) in [6, 6.07) is 11.2. The third kappa shape index (κ3) is 4.16. The van der Waals surface area contributed by atoms with Crippen LogP contribution in [0.15, 0.2) is 65.7 Å². The first-order chi connectivity index (χ1) is 15.7. The zero-order chi connectivity index (χ0) is 21.9. The van der Waals surface area contributed by atoms with Crippen LogP contribution >= 0.6 is 11.3 Å². The molecular weight excluding hydrogens is 420 g/mol. The molecule has 1 amide bonds. The number of amides is 1. The highest BCUT2D eigenvalue weighted by Crippen LogP contribution is 2.44. The highest BCUT2D eigenvalue weighted by Gasteiger charge is 2.29. The lowest BCUT2D eigenvalue weighted by Gasteiger charge is -2.24. The van der Waals surface area contributed by atoms with Crippen LogP contribution < -0.4 is 10.6 Å². The van der Waals surface area contributed by atoms with E-state index >= 15 is 0 Å². The molecule has 0 unspecified atom stereocenters. The number of aryl methyl sites for hydroxylation is 2. The van der Waals surface area contributed by atoms with E-state index in [2.05, 4.69) is 26.7 Å². The van der Waals surface area contributed by atoms with Crippen LogP contribution in [0.3, 0.4) is 0 Å². The largest absolute Gasteiger partial charge is 0.459 e. The fourth-order valence-corrected chi connectivity index (χ4v) is 5.52. The molecule has 32 heavy (non-hydrogen) atoms. The highest BCUT2D eigenvalue weighted by molar-refractivity contribution is 7.16. The lowest BCUT2D eigenvalue weighted by atomic mass is 9.90. The van der Waals surface area contributed by atoms with Gasteiger partial charge in [0.15, 0.2) is 5.76 Å². The second-order valence-electron chi connectivity index (χ2n) is 7.97. The molecule has 0 fully saturated rings. The van der Waals surface area contributed by atoms with Crippen LogP contribution in [0.1, 0.15) is 56.6 Å². The fraction of sp³-hybridized carbons (Fsp3) is 0.240. The molecule has 0 saturated carbocycles. The van der Waals surface area contributed by atoms with Gasteiger partial charge in [0.2, 0.25) is 0 Å². The quantitative estimate of drug-likeness (QED) is 0.394. The minimum atomic E-state index is -0.242. The average Bonchev–Trinajstić information content (AvgIpc) is 3.46. The minimum Gasteiger partial charge on any atom is -0.459 e. The maximum absolute atomic E-state index is 12.9. The van der Waals surface area contributed by atoms with Gasteiger partial charge >= 0.3 is 0 Å². The van der Waals surface area contributed by atoms with Crippen LogP contribution in [0.25, 0.3) is 0 Å². The SMILES string of the molecule is Cc1ccnc(N[C@@H](c2cccnc2)c2c(NC(=O)c3ccco3)sc3c2CCCC3)c1. The molecule has 0 saturated heterocycles. The zero-order valence-electron chi connectivity index (χ0n) is 17.8. The Morgan fingerprint density at radius 2 is 2.06 bits per heavy atom. The van der Waals surface area contributed by atoms with Gasteiger partial charge in [0.1, 0.15) is 10.8 Å². The number of nitrogens with one attached hydrogen (secondary N) is 2. The second-order valence-corrected chi connectivity index (χ2v) is 9.07. The van der Waals surface area contributed by atoms with Crippen LogP contribution in [0.2, 0.25) is 0 Å². The lowest BCUT2D eigenvalue weighted by molar-refractivity contribution is 0.0997. The van der Waals surface area contributed by atoms with Gasteiger partial charge in [0.25, 0.3) is 5.91 Å². The molecule has 1 aliphatic rings. The Bertz CT molecular complexity index is 1220. The second kappa shape index (κ2) is 8.96. The van der Waals surface area contributed by atoms with E-state index in [1.54, 1.807) is 35.9 Å². The van der Waals surface area contributed by atoms with Gasteiger partial charge < -0.3 is 15.1 Å². The minimum absolute atomic E-state index is 0.192. The molecule has 0 radical (unpaired) electrons. The Kier molecular flexibility index (Phi) is 5.73. The van der Waals surface area contributed by atoms with Gasteiger partial charge in [-0.1, -0.05) is 6.07 Å². The molecule has 0 aromatic carbocycles. The van der Waals surface area contributed by atoms with Gasteiger partial charge in [-0.25, -0.2) is 4.98 Å². The number of anilines is 2. The Morgan fingerprint density at radius 3 is 2.84 bits per heavy atom. The van der Waals surface area contributed by atoms with Crippen LogP contribution in [0.4, 0.5) is 10.8 Å². The van der Waals surface area contributed by atoms with Crippen molar-refractivity contribution >= 4 is 28.1 Å². The Hall–Kier alpha value is -3.45. The van der Waals surface area contributed by atoms with E-state index in [1.807, 2.05) is 31.3 Å². The van der Waals surface area contributed by atoms with Gasteiger partial charge in [-0.05, 0) is 79.6 Å². The molecule has 0 aliphatic heterocycles. The summed E-state index contributed by atoms with van der Waals surface area (Å²) < 4.78 is 5.32. The van der Waals surface area contributed by atoms with Gasteiger partial charge in [-0.2, -0.15) is 0 Å². The summed E-state index contributed by atoms with van der Waals surface area (Å²) in [6.45, 7) is 2.05. The zero-order valence-corrected chi connectivity index (χ0v) is 18.6. The number of hydrogen-bond acceptors (Lipinski definition) is 6. The molecule has 7 heteroatoms. The van der Waals surface area contributed by atoms with E-state index in [0.29, 0.717) is 5.76 Å². The predicted molar refractivity (Wildman–Crippen MR) is 126 cm³/mol. The summed E-state index contributed by atoms with van der Waals surface area (Å²) in [7, 11) is 0. The summed E-state index contributed by atoms with van der Waals surface area (Å²) in [5.74, 6) is 0.847. The summed E-state index contributed by atoms with van der Waals surface area (Å²) in [6.07, 6.45) is 11.3. The Morgan fingerprint density at radius 1 is 1.16 bits per heavy atom. The van der Waals surface area contributed by atoms with Crippen molar-refractivity contribution in [2.24, 2.45) is 0 Å². The molecular formula is C25H24N4O2S. The average molecular weight is 445 g/mol. The van der Waals surface area contributed by atoms with Crippen molar-refractivity contribution in [1.29, 1.82) is 0 Å². The summed E-state index contributed by atoms with van der Waals surface area (Å²) >= 11 is 1.67. The van der Waals surface area contributed by atoms with Gasteiger partial charge in [-0.3, -0.25) is 9.78 Å². The number of fused-ring (bicyclic) bond motifs is 1. The monoisotopic (exact) mass is 444 g/mol. The van der Waals surface area contributed by atoms with E-state index in [-0.39, 0.29) is 11.9 Å². The molecule has 2 N–H and O–H groups in total. The standard InChI is InChI=1S/C25H24N4O2S/c1-16-10-12-27-21(14-16)28-23(17-6-4-11-26-15-17)22-18-7-2-3-9-20(18)32-25(22)29-24(30)19-8-5-13-31-19/h4-6,8,10-15,23H,2-3,7,9H2,1H3,(H,27,28)(H,29,30)/t23-/m0/s1. The molecule has 4 aromatic heterocycles. The predicted octanol–water partition coefficient (Wildman–Crippen LogP) is 5.77. The Balaban J connectivity index is 1.61. The summed E-state index contributed by atoms with van der Waals surface area (Å²) in [5.41, 5.74) is 4.58. The van der Waals surface area contributed by atoms with Crippen molar-refractivity contribution in [2.75, 3.05) is 10.6 Å². The van der Waals surface area contributed by atoms with E-state index in [9.17, 15) is 4.79 Å². The number of carbonyl (C=O) groups is 1. The van der Waals surface area contributed by atoms with Crippen molar-refractivity contribution in [3.8, 4) is 0 Å². The first-order valence-corrected chi connectivity index (χ1v) is 11.6. The lowest BCUT2D eigenvalue weighted by Crippen LogP contribution is -2.19. The molecule has 4 aromatic rings. The maximum Gasteiger partial charge on any atom is 0.291 e.